The van der Waals surface area contributed by atoms with E-state index in [-0.39, 0.29) is 18.3 Å². The summed E-state index contributed by atoms with van der Waals surface area (Å²) in [5.41, 5.74) is 0. The van der Waals surface area contributed by atoms with Crippen LogP contribution in [0.25, 0.3) is 11.6 Å². The molecule has 1 saturated heterocycles. The topological polar surface area (TPSA) is 114 Å². The number of carboxylic acids is 1. The van der Waals surface area contributed by atoms with Crippen LogP contribution >= 0.6 is 0 Å². The van der Waals surface area contributed by atoms with Crippen LogP contribution in [0, 0.1) is 0 Å². The van der Waals surface area contributed by atoms with Crippen molar-refractivity contribution in [1.82, 2.24) is 25.1 Å². The number of aliphatic carboxylic acids is 1. The molecule has 9 nitrogen and oxygen atoms in total. The van der Waals surface area contributed by atoms with Gasteiger partial charge in [-0.1, -0.05) is 0 Å². The van der Waals surface area contributed by atoms with Gasteiger partial charge in [0.25, 0.3) is 0 Å². The number of carbonyl (C=O) groups is 2. The van der Waals surface area contributed by atoms with Crippen molar-refractivity contribution < 1.29 is 19.1 Å². The molecule has 1 aliphatic heterocycles. The number of tetrazole rings is 1. The number of carboxylic acid groups (broad SMARTS) is 1. The minimum atomic E-state index is -0.983. The fourth-order valence-corrected chi connectivity index (χ4v) is 2.35. The molecule has 0 aromatic carbocycles. The quantitative estimate of drug-likeness (QED) is 0.843. The van der Waals surface area contributed by atoms with Gasteiger partial charge in [0.05, 0.1) is 6.26 Å². The molecule has 1 fully saturated rings. The van der Waals surface area contributed by atoms with E-state index in [2.05, 4.69) is 15.4 Å². The van der Waals surface area contributed by atoms with Gasteiger partial charge in [0, 0.05) is 6.54 Å². The third-order valence-electron chi connectivity index (χ3n) is 3.33. The van der Waals surface area contributed by atoms with Crippen LogP contribution in [-0.4, -0.2) is 54.7 Å². The van der Waals surface area contributed by atoms with Crippen molar-refractivity contribution in [3.8, 4) is 11.6 Å². The van der Waals surface area contributed by atoms with E-state index in [9.17, 15) is 9.59 Å². The second kappa shape index (κ2) is 5.35. The van der Waals surface area contributed by atoms with Gasteiger partial charge in [0.15, 0.2) is 5.76 Å². The molecule has 1 atom stereocenters. The fraction of sp³-hybridized carbons (Fsp3) is 0.417. The van der Waals surface area contributed by atoms with Crippen LogP contribution in [0.4, 0.5) is 0 Å². The van der Waals surface area contributed by atoms with E-state index >= 15 is 0 Å². The van der Waals surface area contributed by atoms with Crippen LogP contribution in [0.3, 0.4) is 0 Å². The van der Waals surface area contributed by atoms with E-state index in [0.717, 1.165) is 4.80 Å². The molecule has 2 aromatic rings. The van der Waals surface area contributed by atoms with Crippen LogP contribution in [0.2, 0.25) is 0 Å². The van der Waals surface area contributed by atoms with E-state index in [0.29, 0.717) is 25.1 Å². The first kappa shape index (κ1) is 13.3. The summed E-state index contributed by atoms with van der Waals surface area (Å²) in [4.78, 5) is 25.7. The number of amides is 1. The molecule has 1 amide bonds. The highest BCUT2D eigenvalue weighted by atomic mass is 16.4. The molecule has 3 heterocycles. The summed E-state index contributed by atoms with van der Waals surface area (Å²) >= 11 is 0. The number of hydrogen-bond acceptors (Lipinski definition) is 6. The minimum Gasteiger partial charge on any atom is -0.480 e. The molecule has 0 bridgehead atoms. The standard InChI is InChI=1S/C12H13N5O4/c18-10(16-5-1-3-8(16)12(19)20)7-17-14-11(13-15-17)9-4-2-6-21-9/h2,4,6,8H,1,3,5,7H2,(H,19,20)/t8-/m1/s1. The van der Waals surface area contributed by atoms with Gasteiger partial charge in [0.2, 0.25) is 11.7 Å². The maximum absolute atomic E-state index is 12.1. The van der Waals surface area contributed by atoms with E-state index in [1.54, 1.807) is 12.1 Å². The van der Waals surface area contributed by atoms with Crippen LogP contribution < -0.4 is 0 Å². The highest BCUT2D eigenvalue weighted by molar-refractivity contribution is 5.84. The van der Waals surface area contributed by atoms with Gasteiger partial charge >= 0.3 is 5.97 Å². The lowest BCUT2D eigenvalue weighted by atomic mass is 10.2. The zero-order chi connectivity index (χ0) is 14.8. The molecular formula is C12H13N5O4. The Morgan fingerprint density at radius 3 is 3.05 bits per heavy atom. The average Bonchev–Trinajstić information content (AvgIpc) is 3.19. The predicted molar refractivity (Wildman–Crippen MR) is 67.9 cm³/mol. The first-order valence-electron chi connectivity index (χ1n) is 6.49. The van der Waals surface area contributed by atoms with Crippen molar-refractivity contribution in [2.45, 2.75) is 25.4 Å². The normalized spacial score (nSPS) is 18.1. The van der Waals surface area contributed by atoms with E-state index < -0.39 is 12.0 Å². The van der Waals surface area contributed by atoms with Crippen molar-refractivity contribution >= 4 is 11.9 Å². The number of rotatable bonds is 4. The highest BCUT2D eigenvalue weighted by Crippen LogP contribution is 2.18. The summed E-state index contributed by atoms with van der Waals surface area (Å²) in [6.45, 7) is 0.299. The van der Waals surface area contributed by atoms with E-state index in [4.69, 9.17) is 9.52 Å². The zero-order valence-corrected chi connectivity index (χ0v) is 11.0. The smallest absolute Gasteiger partial charge is 0.326 e. The van der Waals surface area contributed by atoms with Crippen molar-refractivity contribution in [2.24, 2.45) is 0 Å². The van der Waals surface area contributed by atoms with Crippen LogP contribution in [0.1, 0.15) is 12.8 Å². The predicted octanol–water partition coefficient (Wildman–Crippen LogP) is 0.00870. The lowest BCUT2D eigenvalue weighted by molar-refractivity contribution is -0.148. The Kier molecular flexibility index (Phi) is 3.38. The number of carbonyl (C=O) groups excluding carboxylic acids is 1. The largest absolute Gasteiger partial charge is 0.480 e. The summed E-state index contributed by atoms with van der Waals surface area (Å²) in [5, 5.41) is 20.7. The molecule has 1 aliphatic rings. The zero-order valence-electron chi connectivity index (χ0n) is 11.0. The SMILES string of the molecule is O=C(O)[C@H]1CCCN1C(=O)Cn1nnc(-c2ccco2)n1. The molecule has 0 radical (unpaired) electrons. The molecule has 21 heavy (non-hydrogen) atoms. The Morgan fingerprint density at radius 2 is 2.33 bits per heavy atom. The molecule has 1 N–H and O–H groups in total. The summed E-state index contributed by atoms with van der Waals surface area (Å²) in [5.74, 6) is -0.575. The van der Waals surface area contributed by atoms with Gasteiger partial charge in [-0.05, 0) is 30.2 Å². The summed E-state index contributed by atoms with van der Waals surface area (Å²) in [6.07, 6.45) is 2.65. The van der Waals surface area contributed by atoms with Crippen molar-refractivity contribution in [3.05, 3.63) is 18.4 Å². The monoisotopic (exact) mass is 291 g/mol. The molecule has 110 valence electrons. The molecule has 9 heteroatoms. The molecule has 0 aliphatic carbocycles. The fourth-order valence-electron chi connectivity index (χ4n) is 2.35. The Bertz CT molecular complexity index is 650. The number of furan rings is 1. The van der Waals surface area contributed by atoms with Gasteiger partial charge < -0.3 is 14.4 Å². The maximum atomic E-state index is 12.1. The van der Waals surface area contributed by atoms with Crippen molar-refractivity contribution in [3.63, 3.8) is 0 Å². The number of likely N-dealkylation sites (tertiary alicyclic amines) is 1. The third kappa shape index (κ3) is 2.62. The number of nitrogens with zero attached hydrogens (tertiary/aromatic N) is 5. The Balaban J connectivity index is 1.69. The molecule has 0 spiro atoms. The van der Waals surface area contributed by atoms with E-state index in [1.807, 2.05) is 0 Å². The lowest BCUT2D eigenvalue weighted by Gasteiger charge is -2.20. The van der Waals surface area contributed by atoms with Crippen LogP contribution in [0.15, 0.2) is 22.8 Å². The average molecular weight is 291 g/mol. The van der Waals surface area contributed by atoms with Gasteiger partial charge in [0.1, 0.15) is 12.6 Å². The Hall–Kier alpha value is -2.71. The third-order valence-corrected chi connectivity index (χ3v) is 3.33. The molecule has 0 unspecified atom stereocenters. The summed E-state index contributed by atoms with van der Waals surface area (Å²) < 4.78 is 5.13. The van der Waals surface area contributed by atoms with E-state index in [1.165, 1.54) is 11.2 Å². The summed E-state index contributed by atoms with van der Waals surface area (Å²) in [7, 11) is 0. The number of aromatic nitrogens is 4. The van der Waals surface area contributed by atoms with Gasteiger partial charge in [-0.25, -0.2) is 4.79 Å². The van der Waals surface area contributed by atoms with Gasteiger partial charge in [-0.2, -0.15) is 4.80 Å². The second-order valence-corrected chi connectivity index (χ2v) is 4.70. The Morgan fingerprint density at radius 1 is 1.48 bits per heavy atom. The number of hydrogen-bond donors (Lipinski definition) is 1. The van der Waals surface area contributed by atoms with Crippen molar-refractivity contribution in [2.75, 3.05) is 6.54 Å². The maximum Gasteiger partial charge on any atom is 0.326 e. The molecule has 2 aromatic heterocycles. The molecular weight excluding hydrogens is 278 g/mol. The van der Waals surface area contributed by atoms with Gasteiger partial charge in [-0.3, -0.25) is 4.79 Å². The summed E-state index contributed by atoms with van der Waals surface area (Å²) in [6, 6.07) is 2.62. The van der Waals surface area contributed by atoms with Gasteiger partial charge in [-0.15, -0.1) is 10.2 Å². The van der Waals surface area contributed by atoms with Crippen LogP contribution in [0.5, 0.6) is 0 Å². The first-order chi connectivity index (χ1) is 10.1. The molecule has 3 rings (SSSR count). The lowest BCUT2D eigenvalue weighted by Crippen LogP contribution is -2.42. The minimum absolute atomic E-state index is 0.141. The first-order valence-corrected chi connectivity index (χ1v) is 6.49. The van der Waals surface area contributed by atoms with Crippen molar-refractivity contribution in [1.29, 1.82) is 0 Å². The highest BCUT2D eigenvalue weighted by Gasteiger charge is 2.34. The second-order valence-electron chi connectivity index (χ2n) is 4.70. The molecule has 0 saturated carbocycles. The Labute approximate surface area is 119 Å². The van der Waals surface area contributed by atoms with Crippen LogP contribution in [-0.2, 0) is 16.1 Å².